The Kier molecular flexibility index (Phi) is 4.35. The lowest BCUT2D eigenvalue weighted by atomic mass is 10.2. The maximum atomic E-state index is 6.21. The molecule has 0 N–H and O–H groups in total. The Hall–Kier alpha value is 0.527. The van der Waals surface area contributed by atoms with Gasteiger partial charge in [-0.1, -0.05) is 34.1 Å². The smallest absolute Gasteiger partial charge is 0.192 e. The van der Waals surface area contributed by atoms with Crippen LogP contribution >= 0.6 is 11.8 Å². The molecule has 0 aromatic rings. The van der Waals surface area contributed by atoms with Crippen molar-refractivity contribution in [2.75, 3.05) is 6.61 Å². The van der Waals surface area contributed by atoms with Crippen LogP contribution in [-0.2, 0) is 4.43 Å². The van der Waals surface area contributed by atoms with E-state index in [0.29, 0.717) is 5.04 Å². The van der Waals surface area contributed by atoms with Gasteiger partial charge >= 0.3 is 0 Å². The third-order valence-electron chi connectivity index (χ3n) is 3.68. The van der Waals surface area contributed by atoms with E-state index in [1.807, 2.05) is 0 Å². The van der Waals surface area contributed by atoms with E-state index in [1.165, 1.54) is 12.8 Å². The van der Waals surface area contributed by atoms with Crippen LogP contribution in [0.4, 0.5) is 0 Å². The van der Waals surface area contributed by atoms with E-state index in [9.17, 15) is 0 Å². The molecule has 1 saturated heterocycles. The van der Waals surface area contributed by atoms with Crippen molar-refractivity contribution < 1.29 is 4.43 Å². The van der Waals surface area contributed by atoms with Crippen molar-refractivity contribution in [3.63, 3.8) is 0 Å². The highest BCUT2D eigenvalue weighted by molar-refractivity contribution is 8.07. The van der Waals surface area contributed by atoms with E-state index < -0.39 is 8.32 Å². The molecule has 0 bridgehead atoms. The summed E-state index contributed by atoms with van der Waals surface area (Å²) in [6.45, 7) is 14.9. The highest BCUT2D eigenvalue weighted by Gasteiger charge is 2.42. The van der Waals surface area contributed by atoms with Crippen LogP contribution in [-0.4, -0.2) is 25.4 Å². The van der Waals surface area contributed by atoms with Gasteiger partial charge in [-0.15, -0.1) is 0 Å². The summed E-state index contributed by atoms with van der Waals surface area (Å²) >= 11 is 2.11. The van der Waals surface area contributed by atoms with Gasteiger partial charge in [-0.05, 0) is 24.6 Å². The Labute approximate surface area is 100 Å². The summed E-state index contributed by atoms with van der Waals surface area (Å²) in [7, 11) is -1.49. The minimum absolute atomic E-state index is 0.354. The predicted octanol–water partition coefficient (Wildman–Crippen LogP) is 4.29. The van der Waals surface area contributed by atoms with Gasteiger partial charge in [0.1, 0.15) is 0 Å². The first-order valence-corrected chi connectivity index (χ1v) is 9.92. The van der Waals surface area contributed by atoms with Crippen molar-refractivity contribution in [3.8, 4) is 0 Å². The van der Waals surface area contributed by atoms with Gasteiger partial charge in [0.25, 0.3) is 0 Å². The van der Waals surface area contributed by atoms with Gasteiger partial charge in [0, 0.05) is 17.1 Å². The van der Waals surface area contributed by atoms with Crippen LogP contribution in [0.25, 0.3) is 0 Å². The molecule has 0 aromatic carbocycles. The lowest BCUT2D eigenvalue weighted by Crippen LogP contribution is -2.41. The Bertz CT molecular complexity index is 210. The second-order valence-corrected chi connectivity index (χ2v) is 12.4. The minimum Gasteiger partial charge on any atom is -0.416 e. The normalized spacial score (nSPS) is 26.8. The summed E-state index contributed by atoms with van der Waals surface area (Å²) in [5, 5.41) is 2.06. The van der Waals surface area contributed by atoms with Gasteiger partial charge in [0.05, 0.1) is 0 Å². The second kappa shape index (κ2) is 4.80. The average Bonchev–Trinajstić information content (AvgIpc) is 2.79. The van der Waals surface area contributed by atoms with E-state index in [-0.39, 0.29) is 0 Å². The number of rotatable bonds is 5. The SMILES string of the molecule is CCC[C@@H]1S[C@@H]1CO[Si](C)(C)C(C)(C)C. The number of hydrogen-bond donors (Lipinski definition) is 0. The minimum atomic E-state index is -1.49. The largest absolute Gasteiger partial charge is 0.416 e. The summed E-state index contributed by atoms with van der Waals surface area (Å²) < 4.78 is 6.21. The van der Waals surface area contributed by atoms with Gasteiger partial charge in [-0.2, -0.15) is 11.8 Å². The van der Waals surface area contributed by atoms with Gasteiger partial charge in [0.15, 0.2) is 8.32 Å². The highest BCUT2D eigenvalue weighted by Crippen LogP contribution is 2.46. The van der Waals surface area contributed by atoms with Gasteiger partial charge in [0.2, 0.25) is 0 Å². The molecule has 0 aliphatic carbocycles. The molecule has 0 radical (unpaired) electrons. The fourth-order valence-corrected chi connectivity index (χ4v) is 3.61. The van der Waals surface area contributed by atoms with Crippen molar-refractivity contribution in [3.05, 3.63) is 0 Å². The molecular weight excluding hydrogens is 220 g/mol. The zero-order chi connectivity index (χ0) is 11.7. The van der Waals surface area contributed by atoms with Gasteiger partial charge in [-0.3, -0.25) is 0 Å². The summed E-state index contributed by atoms with van der Waals surface area (Å²) in [6, 6.07) is 0. The molecule has 90 valence electrons. The van der Waals surface area contributed by atoms with E-state index >= 15 is 0 Å². The maximum absolute atomic E-state index is 6.21. The molecule has 1 rings (SSSR count). The number of hydrogen-bond acceptors (Lipinski definition) is 2. The first-order valence-electron chi connectivity index (χ1n) is 6.07. The molecule has 0 aromatic heterocycles. The molecule has 15 heavy (non-hydrogen) atoms. The molecular formula is C12H26OSSi. The average molecular weight is 246 g/mol. The van der Waals surface area contributed by atoms with Gasteiger partial charge in [-0.25, -0.2) is 0 Å². The zero-order valence-electron chi connectivity index (χ0n) is 11.1. The Morgan fingerprint density at radius 3 is 2.27 bits per heavy atom. The fraction of sp³-hybridized carbons (Fsp3) is 1.00. The molecule has 1 nitrogen and oxygen atoms in total. The second-order valence-electron chi connectivity index (χ2n) is 6.07. The van der Waals surface area contributed by atoms with Crippen molar-refractivity contribution in [1.82, 2.24) is 0 Å². The predicted molar refractivity (Wildman–Crippen MR) is 73.2 cm³/mol. The molecule has 1 aliphatic rings. The van der Waals surface area contributed by atoms with E-state index in [4.69, 9.17) is 4.43 Å². The Balaban J connectivity index is 2.26. The van der Waals surface area contributed by atoms with Crippen LogP contribution in [0.15, 0.2) is 0 Å². The summed E-state index contributed by atoms with van der Waals surface area (Å²) in [5.74, 6) is 0. The first kappa shape index (κ1) is 13.6. The van der Waals surface area contributed by atoms with Crippen LogP contribution in [0.3, 0.4) is 0 Å². The number of thioether (sulfide) groups is 1. The molecule has 1 fully saturated rings. The topological polar surface area (TPSA) is 9.23 Å². The molecule has 0 unspecified atom stereocenters. The van der Waals surface area contributed by atoms with Crippen LogP contribution in [0, 0.1) is 0 Å². The molecule has 1 heterocycles. The molecule has 0 spiro atoms. The van der Waals surface area contributed by atoms with E-state index in [0.717, 1.165) is 17.1 Å². The fourth-order valence-electron chi connectivity index (χ4n) is 1.37. The molecule has 0 amide bonds. The third kappa shape index (κ3) is 3.79. The van der Waals surface area contributed by atoms with Crippen molar-refractivity contribution >= 4 is 20.1 Å². The third-order valence-corrected chi connectivity index (χ3v) is 9.59. The standard InChI is InChI=1S/C12H26OSSi/c1-7-8-10-11(14-10)9-13-15(5,6)12(2,3)4/h10-11H,7-9H2,1-6H3/t10-,11+/m0/s1. The molecule has 0 saturated carbocycles. The maximum Gasteiger partial charge on any atom is 0.192 e. The Morgan fingerprint density at radius 1 is 1.20 bits per heavy atom. The molecule has 2 atom stereocenters. The van der Waals surface area contributed by atoms with Crippen LogP contribution in [0.1, 0.15) is 40.5 Å². The zero-order valence-corrected chi connectivity index (χ0v) is 12.9. The quantitative estimate of drug-likeness (QED) is 0.528. The van der Waals surface area contributed by atoms with Gasteiger partial charge < -0.3 is 4.43 Å². The lowest BCUT2D eigenvalue weighted by molar-refractivity contribution is 0.293. The summed E-state index contributed by atoms with van der Waals surface area (Å²) in [5.41, 5.74) is 0. The Morgan fingerprint density at radius 2 is 1.80 bits per heavy atom. The lowest BCUT2D eigenvalue weighted by Gasteiger charge is -2.36. The molecule has 1 aliphatic heterocycles. The van der Waals surface area contributed by atoms with Crippen molar-refractivity contribution in [1.29, 1.82) is 0 Å². The summed E-state index contributed by atoms with van der Waals surface area (Å²) in [6.07, 6.45) is 2.68. The van der Waals surface area contributed by atoms with E-state index in [1.54, 1.807) is 0 Å². The first-order chi connectivity index (χ1) is 6.78. The van der Waals surface area contributed by atoms with Crippen molar-refractivity contribution in [2.45, 2.75) is 69.2 Å². The van der Waals surface area contributed by atoms with Crippen LogP contribution in [0.5, 0.6) is 0 Å². The highest BCUT2D eigenvalue weighted by atomic mass is 32.2. The molecule has 3 heteroatoms. The summed E-state index contributed by atoms with van der Waals surface area (Å²) in [4.78, 5) is 0. The monoisotopic (exact) mass is 246 g/mol. The van der Waals surface area contributed by atoms with Crippen molar-refractivity contribution in [2.24, 2.45) is 0 Å². The van der Waals surface area contributed by atoms with E-state index in [2.05, 4.69) is 52.6 Å². The van der Waals surface area contributed by atoms with Crippen LogP contribution < -0.4 is 0 Å². The van der Waals surface area contributed by atoms with Crippen LogP contribution in [0.2, 0.25) is 18.1 Å².